The second-order valence-corrected chi connectivity index (χ2v) is 6.12. The molecule has 122 valence electrons. The minimum absolute atomic E-state index is 0.0329. The average molecular weight is 312 g/mol. The van der Waals surface area contributed by atoms with E-state index in [1.165, 1.54) is 0 Å². The van der Waals surface area contributed by atoms with Gasteiger partial charge in [0.05, 0.1) is 0 Å². The normalized spacial score (nSPS) is 11.0. The molecule has 0 radical (unpaired) electrons. The van der Waals surface area contributed by atoms with Crippen LogP contribution in [-0.2, 0) is 4.79 Å². The molecule has 23 heavy (non-hydrogen) atoms. The van der Waals surface area contributed by atoms with Crippen LogP contribution in [0.3, 0.4) is 0 Å². The Morgan fingerprint density at radius 2 is 1.35 bits per heavy atom. The Balaban J connectivity index is 2.00. The molecule has 0 aliphatic carbocycles. The van der Waals surface area contributed by atoms with Crippen molar-refractivity contribution in [1.82, 2.24) is 0 Å². The lowest BCUT2D eigenvalue weighted by atomic mass is 9.89. The van der Waals surface area contributed by atoms with Crippen LogP contribution in [0.25, 0.3) is 0 Å². The number of rotatable bonds is 6. The molecule has 2 aromatic rings. The molecule has 0 bridgehead atoms. The van der Waals surface area contributed by atoms with Crippen molar-refractivity contribution in [2.75, 3.05) is 16.1 Å². The Labute approximate surface area is 137 Å². The first kappa shape index (κ1) is 16.8. The Bertz CT molecular complexity index is 648. The van der Waals surface area contributed by atoms with E-state index in [1.807, 2.05) is 69.3 Å². The fraction of sp³-hybridized carbons (Fsp3) is 0.278. The summed E-state index contributed by atoms with van der Waals surface area (Å²) in [4.78, 5) is 12.2. The van der Waals surface area contributed by atoms with Crippen LogP contribution in [0.1, 0.15) is 27.2 Å². The van der Waals surface area contributed by atoms with Crippen LogP contribution in [0.2, 0.25) is 0 Å². The molecular weight excluding hydrogens is 288 g/mol. The minimum atomic E-state index is -0.365. The van der Waals surface area contributed by atoms with Gasteiger partial charge in [-0.15, -0.1) is 0 Å². The van der Waals surface area contributed by atoms with E-state index in [0.717, 1.165) is 29.2 Å². The molecule has 0 aromatic heterocycles. The number of carbonyl (C=O) groups excluding carboxylic acids is 1. The van der Waals surface area contributed by atoms with Crippen molar-refractivity contribution in [3.8, 4) is 0 Å². The Kier molecular flexibility index (Phi) is 5.24. The molecule has 0 saturated heterocycles. The van der Waals surface area contributed by atoms with Gasteiger partial charge in [0.2, 0.25) is 5.91 Å². The number of hydrazine groups is 1. The number of hydrogen-bond acceptors (Lipinski definition) is 4. The average Bonchev–Trinajstić information content (AvgIpc) is 2.57. The summed E-state index contributed by atoms with van der Waals surface area (Å²) in [6.07, 6.45) is 0.798. The van der Waals surface area contributed by atoms with Crippen molar-refractivity contribution in [2.24, 2.45) is 11.3 Å². The van der Waals surface area contributed by atoms with Crippen LogP contribution in [0.4, 0.5) is 22.7 Å². The molecular formula is C18H24N4O. The first-order valence-electron chi connectivity index (χ1n) is 7.70. The zero-order chi connectivity index (χ0) is 16.9. The fourth-order valence-electron chi connectivity index (χ4n) is 1.91. The van der Waals surface area contributed by atoms with Crippen LogP contribution >= 0.6 is 0 Å². The van der Waals surface area contributed by atoms with E-state index >= 15 is 0 Å². The summed E-state index contributed by atoms with van der Waals surface area (Å²) in [5.41, 5.74) is 5.79. The first-order chi connectivity index (χ1) is 10.9. The standard InChI is InChI=1S/C18H24N4O/c1-4-18(2,3)17(23)21-15-7-5-13(6-8-15)20-14-9-11-16(22-19)12-10-14/h5-12,20,22H,4,19H2,1-3H3,(H,21,23). The Morgan fingerprint density at radius 3 is 1.78 bits per heavy atom. The van der Waals surface area contributed by atoms with E-state index in [0.29, 0.717) is 0 Å². The van der Waals surface area contributed by atoms with Crippen LogP contribution in [0.15, 0.2) is 48.5 Å². The largest absolute Gasteiger partial charge is 0.356 e. The summed E-state index contributed by atoms with van der Waals surface area (Å²) >= 11 is 0. The zero-order valence-corrected chi connectivity index (χ0v) is 13.8. The third-order valence-electron chi connectivity index (χ3n) is 3.98. The summed E-state index contributed by atoms with van der Waals surface area (Å²) < 4.78 is 0. The molecule has 2 rings (SSSR count). The van der Waals surface area contributed by atoms with Crippen LogP contribution in [-0.4, -0.2) is 5.91 Å². The first-order valence-corrected chi connectivity index (χ1v) is 7.70. The van der Waals surface area contributed by atoms with E-state index in [-0.39, 0.29) is 11.3 Å². The third kappa shape index (κ3) is 4.47. The number of nitrogens with one attached hydrogen (secondary N) is 3. The quantitative estimate of drug-likeness (QED) is 0.478. The van der Waals surface area contributed by atoms with Gasteiger partial charge in [-0.1, -0.05) is 20.8 Å². The van der Waals surface area contributed by atoms with Gasteiger partial charge in [0, 0.05) is 28.2 Å². The molecule has 2 aromatic carbocycles. The molecule has 5 heteroatoms. The monoisotopic (exact) mass is 312 g/mol. The van der Waals surface area contributed by atoms with Gasteiger partial charge in [-0.2, -0.15) is 0 Å². The predicted octanol–water partition coefficient (Wildman–Crippen LogP) is 4.09. The molecule has 0 aliphatic rings. The summed E-state index contributed by atoms with van der Waals surface area (Å²) in [5.74, 6) is 5.38. The van der Waals surface area contributed by atoms with Crippen molar-refractivity contribution in [3.63, 3.8) is 0 Å². The van der Waals surface area contributed by atoms with Gasteiger partial charge in [-0.25, -0.2) is 0 Å². The minimum Gasteiger partial charge on any atom is -0.356 e. The smallest absolute Gasteiger partial charge is 0.230 e. The van der Waals surface area contributed by atoms with E-state index in [1.54, 1.807) is 0 Å². The van der Waals surface area contributed by atoms with Gasteiger partial charge in [0.1, 0.15) is 0 Å². The van der Waals surface area contributed by atoms with Gasteiger partial charge >= 0.3 is 0 Å². The van der Waals surface area contributed by atoms with Gasteiger partial charge < -0.3 is 16.1 Å². The summed E-state index contributed by atoms with van der Waals surface area (Å²) in [6.45, 7) is 5.90. The lowest BCUT2D eigenvalue weighted by Gasteiger charge is -2.21. The number of benzene rings is 2. The molecule has 0 fully saturated rings. The number of carbonyl (C=O) groups is 1. The SMILES string of the molecule is CCC(C)(C)C(=O)Nc1ccc(Nc2ccc(NN)cc2)cc1. The number of amides is 1. The highest BCUT2D eigenvalue weighted by Crippen LogP contribution is 2.24. The number of nitrogen functional groups attached to an aromatic ring is 1. The van der Waals surface area contributed by atoms with Gasteiger partial charge in [-0.3, -0.25) is 10.6 Å². The number of nitrogens with two attached hydrogens (primary N) is 1. The topological polar surface area (TPSA) is 79.2 Å². The fourth-order valence-corrected chi connectivity index (χ4v) is 1.91. The maximum absolute atomic E-state index is 12.2. The van der Waals surface area contributed by atoms with Crippen molar-refractivity contribution in [3.05, 3.63) is 48.5 Å². The zero-order valence-electron chi connectivity index (χ0n) is 13.8. The maximum atomic E-state index is 12.2. The second kappa shape index (κ2) is 7.15. The Morgan fingerprint density at radius 1 is 0.913 bits per heavy atom. The van der Waals surface area contributed by atoms with E-state index in [2.05, 4.69) is 16.1 Å². The molecule has 0 heterocycles. The molecule has 0 saturated carbocycles. The van der Waals surface area contributed by atoms with Crippen molar-refractivity contribution in [1.29, 1.82) is 0 Å². The van der Waals surface area contributed by atoms with E-state index in [9.17, 15) is 4.79 Å². The van der Waals surface area contributed by atoms with E-state index < -0.39 is 0 Å². The van der Waals surface area contributed by atoms with Gasteiger partial charge in [0.25, 0.3) is 0 Å². The molecule has 0 spiro atoms. The molecule has 0 unspecified atom stereocenters. The van der Waals surface area contributed by atoms with Crippen LogP contribution in [0, 0.1) is 5.41 Å². The van der Waals surface area contributed by atoms with Crippen LogP contribution in [0.5, 0.6) is 0 Å². The maximum Gasteiger partial charge on any atom is 0.230 e. The van der Waals surface area contributed by atoms with Gasteiger partial charge in [-0.05, 0) is 55.0 Å². The van der Waals surface area contributed by atoms with E-state index in [4.69, 9.17) is 5.84 Å². The highest BCUT2D eigenvalue weighted by atomic mass is 16.2. The molecule has 0 atom stereocenters. The van der Waals surface area contributed by atoms with Gasteiger partial charge in [0.15, 0.2) is 0 Å². The van der Waals surface area contributed by atoms with Crippen molar-refractivity contribution < 1.29 is 4.79 Å². The molecule has 1 amide bonds. The second-order valence-electron chi connectivity index (χ2n) is 6.12. The summed E-state index contributed by atoms with van der Waals surface area (Å²) in [5, 5.41) is 6.25. The van der Waals surface area contributed by atoms with Crippen molar-refractivity contribution >= 4 is 28.7 Å². The summed E-state index contributed by atoms with van der Waals surface area (Å²) in [7, 11) is 0. The molecule has 5 nitrogen and oxygen atoms in total. The molecule has 0 aliphatic heterocycles. The van der Waals surface area contributed by atoms with Crippen LogP contribution < -0.4 is 21.9 Å². The lowest BCUT2D eigenvalue weighted by Crippen LogP contribution is -2.29. The Hall–Kier alpha value is -2.53. The predicted molar refractivity (Wildman–Crippen MR) is 96.7 cm³/mol. The number of hydrogen-bond donors (Lipinski definition) is 4. The lowest BCUT2D eigenvalue weighted by molar-refractivity contribution is -0.124. The highest BCUT2D eigenvalue weighted by molar-refractivity contribution is 5.94. The van der Waals surface area contributed by atoms with Crippen molar-refractivity contribution in [2.45, 2.75) is 27.2 Å². The molecule has 5 N–H and O–H groups in total. The summed E-state index contributed by atoms with van der Waals surface area (Å²) in [6, 6.07) is 15.3. The third-order valence-corrected chi connectivity index (χ3v) is 3.98. The highest BCUT2D eigenvalue weighted by Gasteiger charge is 2.25. The number of anilines is 4.